The quantitative estimate of drug-likeness (QED) is 0.611. The SMILES string of the molecule is Cc1c(S(=O)(=O)c2ccc(C(C)(C)C)cc2)nnn1-c1cccc(C(F)(F)F)c1. The summed E-state index contributed by atoms with van der Waals surface area (Å²) in [6.07, 6.45) is -4.52. The molecule has 29 heavy (non-hydrogen) atoms. The van der Waals surface area contributed by atoms with Crippen molar-refractivity contribution < 1.29 is 21.6 Å². The van der Waals surface area contributed by atoms with Crippen LogP contribution in [0.5, 0.6) is 0 Å². The van der Waals surface area contributed by atoms with Gasteiger partial charge in [0.15, 0.2) is 0 Å². The summed E-state index contributed by atoms with van der Waals surface area (Å²) >= 11 is 0. The molecule has 1 aromatic heterocycles. The van der Waals surface area contributed by atoms with E-state index in [2.05, 4.69) is 10.3 Å². The van der Waals surface area contributed by atoms with E-state index in [1.807, 2.05) is 20.8 Å². The lowest BCUT2D eigenvalue weighted by atomic mass is 9.87. The van der Waals surface area contributed by atoms with Gasteiger partial charge in [0.25, 0.3) is 0 Å². The first-order valence-corrected chi connectivity index (χ1v) is 10.3. The van der Waals surface area contributed by atoms with E-state index < -0.39 is 21.6 Å². The summed E-state index contributed by atoms with van der Waals surface area (Å²) in [5.74, 6) is 0. The van der Waals surface area contributed by atoms with Gasteiger partial charge in [-0.25, -0.2) is 13.1 Å². The van der Waals surface area contributed by atoms with Gasteiger partial charge in [-0.15, -0.1) is 5.10 Å². The van der Waals surface area contributed by atoms with E-state index in [4.69, 9.17) is 0 Å². The Kier molecular flexibility index (Phi) is 5.06. The molecule has 0 unspecified atom stereocenters. The summed E-state index contributed by atoms with van der Waals surface area (Å²) in [6, 6.07) is 10.9. The van der Waals surface area contributed by atoms with Crippen LogP contribution in [0.25, 0.3) is 5.69 Å². The fraction of sp³-hybridized carbons (Fsp3) is 0.300. The number of nitrogens with zero attached hydrogens (tertiary/aromatic N) is 3. The molecule has 0 saturated carbocycles. The fourth-order valence-corrected chi connectivity index (χ4v) is 4.21. The molecule has 1 heterocycles. The zero-order valence-corrected chi connectivity index (χ0v) is 17.1. The van der Waals surface area contributed by atoms with E-state index >= 15 is 0 Å². The summed E-state index contributed by atoms with van der Waals surface area (Å²) in [6.45, 7) is 7.50. The van der Waals surface area contributed by atoms with E-state index in [0.29, 0.717) is 0 Å². The van der Waals surface area contributed by atoms with Crippen LogP contribution in [0.1, 0.15) is 37.6 Å². The van der Waals surface area contributed by atoms with Crippen LogP contribution >= 0.6 is 0 Å². The van der Waals surface area contributed by atoms with Gasteiger partial charge >= 0.3 is 6.18 Å². The minimum Gasteiger partial charge on any atom is -0.217 e. The van der Waals surface area contributed by atoms with Crippen LogP contribution in [0.4, 0.5) is 13.2 Å². The number of hydrogen-bond donors (Lipinski definition) is 0. The average Bonchev–Trinajstić information content (AvgIpc) is 3.03. The maximum Gasteiger partial charge on any atom is 0.416 e. The average molecular weight is 423 g/mol. The molecule has 0 aliphatic heterocycles. The van der Waals surface area contributed by atoms with E-state index in [0.717, 1.165) is 22.4 Å². The number of halogens is 3. The number of hydrogen-bond acceptors (Lipinski definition) is 4. The van der Waals surface area contributed by atoms with Gasteiger partial charge in [0.05, 0.1) is 21.8 Å². The maximum atomic E-state index is 13.0. The van der Waals surface area contributed by atoms with Crippen molar-refractivity contribution in [2.45, 2.75) is 49.2 Å². The Bertz CT molecular complexity index is 1140. The monoisotopic (exact) mass is 423 g/mol. The van der Waals surface area contributed by atoms with Crippen molar-refractivity contribution >= 4 is 9.84 Å². The van der Waals surface area contributed by atoms with Crippen LogP contribution in [-0.2, 0) is 21.4 Å². The second-order valence-electron chi connectivity index (χ2n) is 7.72. The van der Waals surface area contributed by atoms with Gasteiger partial charge in [0.2, 0.25) is 14.9 Å². The Balaban J connectivity index is 2.03. The van der Waals surface area contributed by atoms with Gasteiger partial charge in [-0.05, 0) is 48.2 Å². The van der Waals surface area contributed by atoms with Crippen molar-refractivity contribution in [1.29, 1.82) is 0 Å². The van der Waals surface area contributed by atoms with Crippen LogP contribution in [0, 0.1) is 6.92 Å². The van der Waals surface area contributed by atoms with Gasteiger partial charge in [0, 0.05) is 0 Å². The summed E-state index contributed by atoms with van der Waals surface area (Å²) < 4.78 is 66.0. The van der Waals surface area contributed by atoms with Gasteiger partial charge < -0.3 is 0 Å². The lowest BCUT2D eigenvalue weighted by Crippen LogP contribution is -2.12. The smallest absolute Gasteiger partial charge is 0.217 e. The third kappa shape index (κ3) is 4.05. The summed E-state index contributed by atoms with van der Waals surface area (Å²) in [5, 5.41) is 7.23. The number of rotatable bonds is 3. The van der Waals surface area contributed by atoms with Crippen LogP contribution in [0.3, 0.4) is 0 Å². The highest BCUT2D eigenvalue weighted by atomic mass is 32.2. The topological polar surface area (TPSA) is 64.8 Å². The zero-order valence-electron chi connectivity index (χ0n) is 16.3. The third-order valence-corrected chi connectivity index (χ3v) is 6.33. The number of aromatic nitrogens is 3. The number of sulfone groups is 1. The van der Waals surface area contributed by atoms with Crippen molar-refractivity contribution in [3.05, 3.63) is 65.4 Å². The highest BCUT2D eigenvalue weighted by molar-refractivity contribution is 7.91. The highest BCUT2D eigenvalue weighted by Gasteiger charge is 2.31. The molecule has 154 valence electrons. The standard InChI is InChI=1S/C20H20F3N3O2S/c1-13-18(29(27,28)17-10-8-14(9-11-17)19(2,3)4)24-25-26(13)16-7-5-6-15(12-16)20(21,22)23/h5-12H,1-4H3. The molecule has 0 fully saturated rings. The molecule has 0 radical (unpaired) electrons. The fourth-order valence-electron chi connectivity index (χ4n) is 2.87. The molecule has 3 aromatic rings. The van der Waals surface area contributed by atoms with Crippen LogP contribution < -0.4 is 0 Å². The Labute approximate surface area is 167 Å². The van der Waals surface area contributed by atoms with Gasteiger partial charge in [-0.2, -0.15) is 13.2 Å². The van der Waals surface area contributed by atoms with Crippen LogP contribution in [0.15, 0.2) is 58.5 Å². The molecule has 9 heteroatoms. The van der Waals surface area contributed by atoms with E-state index in [9.17, 15) is 21.6 Å². The molecule has 0 amide bonds. The maximum absolute atomic E-state index is 13.0. The Hall–Kier alpha value is -2.68. The molecule has 0 bridgehead atoms. The normalized spacial score (nSPS) is 12.9. The molecule has 5 nitrogen and oxygen atoms in total. The van der Waals surface area contributed by atoms with Crippen molar-refractivity contribution in [2.75, 3.05) is 0 Å². The molecule has 0 saturated heterocycles. The highest BCUT2D eigenvalue weighted by Crippen LogP contribution is 2.31. The molecule has 0 spiro atoms. The Morgan fingerprint density at radius 2 is 1.55 bits per heavy atom. The van der Waals surface area contributed by atoms with E-state index in [-0.39, 0.29) is 26.7 Å². The molecule has 0 aliphatic carbocycles. The van der Waals surface area contributed by atoms with E-state index in [1.54, 1.807) is 12.1 Å². The number of alkyl halides is 3. The van der Waals surface area contributed by atoms with Crippen LogP contribution in [-0.4, -0.2) is 23.4 Å². The Morgan fingerprint density at radius 3 is 2.10 bits per heavy atom. The van der Waals surface area contributed by atoms with Gasteiger partial charge in [-0.1, -0.05) is 44.2 Å². The molecule has 0 N–H and O–H groups in total. The predicted molar refractivity (Wildman–Crippen MR) is 102 cm³/mol. The molecule has 0 aliphatic rings. The largest absolute Gasteiger partial charge is 0.416 e. The second kappa shape index (κ2) is 6.98. The summed E-state index contributed by atoms with van der Waals surface area (Å²) in [4.78, 5) is 0.0460. The zero-order chi connectivity index (χ0) is 21.6. The van der Waals surface area contributed by atoms with Crippen molar-refractivity contribution in [1.82, 2.24) is 15.0 Å². The second-order valence-corrected chi connectivity index (χ2v) is 9.58. The van der Waals surface area contributed by atoms with Crippen LogP contribution in [0.2, 0.25) is 0 Å². The molecular weight excluding hydrogens is 403 g/mol. The van der Waals surface area contributed by atoms with Crippen molar-refractivity contribution in [2.24, 2.45) is 0 Å². The van der Waals surface area contributed by atoms with Crippen molar-refractivity contribution in [3.8, 4) is 5.69 Å². The van der Waals surface area contributed by atoms with Gasteiger partial charge in [-0.3, -0.25) is 0 Å². The van der Waals surface area contributed by atoms with E-state index in [1.165, 1.54) is 31.2 Å². The van der Waals surface area contributed by atoms with Crippen molar-refractivity contribution in [3.63, 3.8) is 0 Å². The lowest BCUT2D eigenvalue weighted by molar-refractivity contribution is -0.137. The molecule has 2 aromatic carbocycles. The first-order valence-electron chi connectivity index (χ1n) is 8.77. The third-order valence-electron chi connectivity index (χ3n) is 4.56. The Morgan fingerprint density at radius 1 is 0.931 bits per heavy atom. The molecule has 0 atom stereocenters. The summed E-state index contributed by atoms with van der Waals surface area (Å²) in [5.41, 5.74) is 0.191. The predicted octanol–water partition coefficient (Wildman–Crippen LogP) is 4.72. The van der Waals surface area contributed by atoms with Gasteiger partial charge in [0.1, 0.15) is 0 Å². The summed E-state index contributed by atoms with van der Waals surface area (Å²) in [7, 11) is -3.97. The molecule has 3 rings (SSSR count). The molecular formula is C20H20F3N3O2S. The minimum absolute atomic E-state index is 0.0460. The minimum atomic E-state index is -4.52. The number of benzene rings is 2. The first-order chi connectivity index (χ1) is 13.3. The first kappa shape index (κ1) is 21.0. The lowest BCUT2D eigenvalue weighted by Gasteiger charge is -2.19.